The number of nitrogens with zero attached hydrogens (tertiary/aromatic N) is 1. The highest BCUT2D eigenvalue weighted by Gasteiger charge is 2.39. The Morgan fingerprint density at radius 2 is 2.16 bits per heavy atom. The number of piperazine rings is 1. The molecule has 0 saturated carbocycles. The highest BCUT2D eigenvalue weighted by molar-refractivity contribution is 5.99. The standard InChI is InChI=1S/C14H20N2O3/c1-14(2)9-16(13(18)10(8-17)15-14)11-6-4-5-7-12(11)19-3/h4-7,10,15,17H,8-9H2,1-3H3. The number of nitrogens with one attached hydrogen (secondary N) is 1. The van der Waals surface area contributed by atoms with Gasteiger partial charge in [-0.15, -0.1) is 0 Å². The summed E-state index contributed by atoms with van der Waals surface area (Å²) in [6.07, 6.45) is 0. The van der Waals surface area contributed by atoms with E-state index in [0.29, 0.717) is 12.3 Å². The third kappa shape index (κ3) is 2.72. The summed E-state index contributed by atoms with van der Waals surface area (Å²) in [5, 5.41) is 12.5. The van der Waals surface area contributed by atoms with Crippen LogP contribution in [0.25, 0.3) is 0 Å². The maximum atomic E-state index is 12.4. The minimum absolute atomic E-state index is 0.133. The molecular formula is C14H20N2O3. The lowest BCUT2D eigenvalue weighted by Crippen LogP contribution is -2.66. The minimum atomic E-state index is -0.575. The van der Waals surface area contributed by atoms with Gasteiger partial charge in [0.25, 0.3) is 0 Å². The topological polar surface area (TPSA) is 61.8 Å². The number of hydrogen-bond donors (Lipinski definition) is 2. The Bertz CT molecular complexity index is 474. The molecule has 0 aromatic heterocycles. The van der Waals surface area contributed by atoms with E-state index in [2.05, 4.69) is 5.32 Å². The third-order valence-electron chi connectivity index (χ3n) is 3.24. The smallest absolute Gasteiger partial charge is 0.246 e. The van der Waals surface area contributed by atoms with E-state index in [9.17, 15) is 9.90 Å². The van der Waals surface area contributed by atoms with Crippen molar-refractivity contribution in [3.8, 4) is 5.75 Å². The molecule has 1 aromatic rings. The second-order valence-electron chi connectivity index (χ2n) is 5.36. The number of anilines is 1. The number of carbonyl (C=O) groups excluding carboxylic acids is 1. The summed E-state index contributed by atoms with van der Waals surface area (Å²) >= 11 is 0. The largest absolute Gasteiger partial charge is 0.495 e. The summed E-state index contributed by atoms with van der Waals surface area (Å²) in [5.74, 6) is 0.525. The first-order chi connectivity index (χ1) is 8.98. The molecule has 0 radical (unpaired) electrons. The SMILES string of the molecule is COc1ccccc1N1CC(C)(C)NC(CO)C1=O. The molecule has 1 saturated heterocycles. The lowest BCUT2D eigenvalue weighted by molar-refractivity contribution is -0.124. The molecule has 1 atom stereocenters. The summed E-state index contributed by atoms with van der Waals surface area (Å²) in [7, 11) is 1.58. The van der Waals surface area contributed by atoms with Gasteiger partial charge in [0, 0.05) is 12.1 Å². The number of para-hydroxylation sites is 2. The summed E-state index contributed by atoms with van der Waals surface area (Å²) in [6, 6.07) is 6.84. The second-order valence-corrected chi connectivity index (χ2v) is 5.36. The molecule has 2 rings (SSSR count). The van der Waals surface area contributed by atoms with E-state index in [4.69, 9.17) is 4.74 Å². The normalized spacial score (nSPS) is 22.4. The van der Waals surface area contributed by atoms with Gasteiger partial charge in [-0.3, -0.25) is 10.1 Å². The van der Waals surface area contributed by atoms with Crippen molar-refractivity contribution < 1.29 is 14.6 Å². The Labute approximate surface area is 113 Å². The Morgan fingerprint density at radius 3 is 2.79 bits per heavy atom. The van der Waals surface area contributed by atoms with Crippen LogP contribution in [0.5, 0.6) is 5.75 Å². The fourth-order valence-corrected chi connectivity index (χ4v) is 2.42. The van der Waals surface area contributed by atoms with Crippen molar-refractivity contribution >= 4 is 11.6 Å². The van der Waals surface area contributed by atoms with Gasteiger partial charge in [-0.2, -0.15) is 0 Å². The monoisotopic (exact) mass is 264 g/mol. The fourth-order valence-electron chi connectivity index (χ4n) is 2.42. The molecule has 1 heterocycles. The number of hydrogen-bond acceptors (Lipinski definition) is 4. The van der Waals surface area contributed by atoms with Gasteiger partial charge < -0.3 is 14.7 Å². The Hall–Kier alpha value is -1.59. The summed E-state index contributed by atoms with van der Waals surface area (Å²) in [6.45, 7) is 4.33. The van der Waals surface area contributed by atoms with E-state index in [0.717, 1.165) is 5.69 Å². The maximum absolute atomic E-state index is 12.4. The third-order valence-corrected chi connectivity index (χ3v) is 3.24. The van der Waals surface area contributed by atoms with Crippen LogP contribution in [0.15, 0.2) is 24.3 Å². The lowest BCUT2D eigenvalue weighted by atomic mass is 9.97. The molecule has 0 bridgehead atoms. The minimum Gasteiger partial charge on any atom is -0.495 e. The molecule has 104 valence electrons. The van der Waals surface area contributed by atoms with Crippen LogP contribution in [0.3, 0.4) is 0 Å². The number of benzene rings is 1. The zero-order valence-corrected chi connectivity index (χ0v) is 11.5. The molecule has 5 nitrogen and oxygen atoms in total. The van der Waals surface area contributed by atoms with Crippen molar-refractivity contribution in [2.24, 2.45) is 0 Å². The average Bonchev–Trinajstić information content (AvgIpc) is 2.41. The van der Waals surface area contributed by atoms with E-state index in [1.165, 1.54) is 0 Å². The highest BCUT2D eigenvalue weighted by Crippen LogP contribution is 2.31. The van der Waals surface area contributed by atoms with Crippen molar-refractivity contribution in [3.05, 3.63) is 24.3 Å². The first-order valence-electron chi connectivity index (χ1n) is 6.31. The van der Waals surface area contributed by atoms with Crippen molar-refractivity contribution in [1.29, 1.82) is 0 Å². The highest BCUT2D eigenvalue weighted by atomic mass is 16.5. The molecule has 0 aliphatic carbocycles. The number of rotatable bonds is 3. The molecular weight excluding hydrogens is 244 g/mol. The zero-order chi connectivity index (χ0) is 14.0. The number of aliphatic hydroxyl groups excluding tert-OH is 1. The van der Waals surface area contributed by atoms with Gasteiger partial charge in [0.1, 0.15) is 11.8 Å². The summed E-state index contributed by atoms with van der Waals surface area (Å²) in [5.41, 5.74) is 0.477. The van der Waals surface area contributed by atoms with Gasteiger partial charge in [-0.1, -0.05) is 12.1 Å². The summed E-state index contributed by atoms with van der Waals surface area (Å²) in [4.78, 5) is 14.0. The van der Waals surface area contributed by atoms with Crippen LogP contribution >= 0.6 is 0 Å². The number of aliphatic hydroxyl groups is 1. The van der Waals surface area contributed by atoms with Gasteiger partial charge in [-0.25, -0.2) is 0 Å². The van der Waals surface area contributed by atoms with Crippen LogP contribution in [0.1, 0.15) is 13.8 Å². The van der Waals surface area contributed by atoms with Gasteiger partial charge in [0.15, 0.2) is 0 Å². The van der Waals surface area contributed by atoms with Crippen molar-refractivity contribution in [2.75, 3.05) is 25.2 Å². The van der Waals surface area contributed by atoms with Crippen LogP contribution in [-0.2, 0) is 4.79 Å². The van der Waals surface area contributed by atoms with Crippen molar-refractivity contribution in [3.63, 3.8) is 0 Å². The molecule has 1 unspecified atom stereocenters. The predicted molar refractivity (Wildman–Crippen MR) is 73.4 cm³/mol. The van der Waals surface area contributed by atoms with Gasteiger partial charge >= 0.3 is 0 Å². The summed E-state index contributed by atoms with van der Waals surface area (Å²) < 4.78 is 5.31. The number of methoxy groups -OCH3 is 1. The number of carbonyl (C=O) groups is 1. The van der Waals surface area contributed by atoms with E-state index in [-0.39, 0.29) is 18.1 Å². The molecule has 1 fully saturated rings. The molecule has 1 aliphatic heterocycles. The van der Waals surface area contributed by atoms with Crippen LogP contribution in [0.2, 0.25) is 0 Å². The Balaban J connectivity index is 2.38. The van der Waals surface area contributed by atoms with E-state index in [1.54, 1.807) is 12.0 Å². The second kappa shape index (κ2) is 5.19. The van der Waals surface area contributed by atoms with Gasteiger partial charge in [-0.05, 0) is 26.0 Å². The quantitative estimate of drug-likeness (QED) is 0.846. The van der Waals surface area contributed by atoms with E-state index in [1.807, 2.05) is 38.1 Å². The van der Waals surface area contributed by atoms with Crippen LogP contribution in [0.4, 0.5) is 5.69 Å². The Kier molecular flexibility index (Phi) is 3.78. The van der Waals surface area contributed by atoms with Crippen LogP contribution in [-0.4, -0.2) is 42.9 Å². The molecule has 2 N–H and O–H groups in total. The molecule has 1 aliphatic rings. The number of amides is 1. The Morgan fingerprint density at radius 1 is 1.47 bits per heavy atom. The average molecular weight is 264 g/mol. The van der Waals surface area contributed by atoms with Crippen molar-refractivity contribution in [1.82, 2.24) is 5.32 Å². The van der Waals surface area contributed by atoms with Gasteiger partial charge in [0.2, 0.25) is 5.91 Å². The first-order valence-corrected chi connectivity index (χ1v) is 6.31. The van der Waals surface area contributed by atoms with Crippen LogP contribution < -0.4 is 15.0 Å². The fraction of sp³-hybridized carbons (Fsp3) is 0.500. The molecule has 5 heteroatoms. The maximum Gasteiger partial charge on any atom is 0.246 e. The predicted octanol–water partition coefficient (Wildman–Crippen LogP) is 0.771. The molecule has 19 heavy (non-hydrogen) atoms. The van der Waals surface area contributed by atoms with Gasteiger partial charge in [0.05, 0.1) is 19.4 Å². The first kappa shape index (κ1) is 13.8. The lowest BCUT2D eigenvalue weighted by Gasteiger charge is -2.42. The van der Waals surface area contributed by atoms with E-state index < -0.39 is 6.04 Å². The van der Waals surface area contributed by atoms with E-state index >= 15 is 0 Å². The number of ether oxygens (including phenoxy) is 1. The zero-order valence-electron chi connectivity index (χ0n) is 11.5. The molecule has 0 spiro atoms. The molecule has 1 amide bonds. The molecule has 1 aromatic carbocycles. The van der Waals surface area contributed by atoms with Crippen molar-refractivity contribution in [2.45, 2.75) is 25.4 Å². The van der Waals surface area contributed by atoms with Crippen LogP contribution in [0, 0.1) is 0 Å².